The van der Waals surface area contributed by atoms with Gasteiger partial charge in [-0.1, -0.05) is 35.3 Å². The molecule has 0 spiro atoms. The summed E-state index contributed by atoms with van der Waals surface area (Å²) in [6.45, 7) is 3.74. The lowest BCUT2D eigenvalue weighted by Crippen LogP contribution is -2.18. The fourth-order valence-electron chi connectivity index (χ4n) is 2.82. The highest BCUT2D eigenvalue weighted by Crippen LogP contribution is 2.22. The zero-order chi connectivity index (χ0) is 19.6. The van der Waals surface area contributed by atoms with Crippen LogP contribution in [0.25, 0.3) is 5.69 Å². The average molecular weight is 404 g/mol. The summed E-state index contributed by atoms with van der Waals surface area (Å²) in [5, 5.41) is 4.68. The number of carbonyl (C=O) groups is 1. The molecule has 3 rings (SSSR count). The van der Waals surface area contributed by atoms with Crippen LogP contribution in [0.15, 0.2) is 53.6 Å². The van der Waals surface area contributed by atoms with E-state index in [4.69, 9.17) is 23.2 Å². The van der Waals surface area contributed by atoms with Crippen LogP contribution < -0.4 is 5.43 Å². The van der Waals surface area contributed by atoms with Crippen LogP contribution in [0.5, 0.6) is 0 Å². The minimum absolute atomic E-state index is 0.243. The summed E-state index contributed by atoms with van der Waals surface area (Å²) in [5.41, 5.74) is 5.59. The molecule has 1 aromatic heterocycles. The van der Waals surface area contributed by atoms with Crippen molar-refractivity contribution in [1.82, 2.24) is 9.99 Å². The Labute approximate surface area is 166 Å². The van der Waals surface area contributed by atoms with Crippen molar-refractivity contribution in [2.75, 3.05) is 0 Å². The van der Waals surface area contributed by atoms with Crippen LogP contribution >= 0.6 is 23.2 Å². The van der Waals surface area contributed by atoms with E-state index in [0.717, 1.165) is 17.0 Å². The van der Waals surface area contributed by atoms with E-state index in [1.54, 1.807) is 28.8 Å². The maximum Gasteiger partial charge on any atom is 0.272 e. The molecule has 0 bridgehead atoms. The summed E-state index contributed by atoms with van der Waals surface area (Å²) >= 11 is 11.8. The highest BCUT2D eigenvalue weighted by Gasteiger charge is 2.13. The third-order valence-electron chi connectivity index (χ3n) is 4.11. The smallest absolute Gasteiger partial charge is 0.272 e. The summed E-state index contributed by atoms with van der Waals surface area (Å²) in [5.74, 6) is -0.760. The van der Waals surface area contributed by atoms with Crippen LogP contribution in [-0.4, -0.2) is 16.7 Å². The van der Waals surface area contributed by atoms with Crippen LogP contribution in [0.3, 0.4) is 0 Å². The third-order valence-corrected chi connectivity index (χ3v) is 4.66. The lowest BCUT2D eigenvalue weighted by molar-refractivity contribution is 0.0955. The van der Waals surface area contributed by atoms with Gasteiger partial charge in [0.15, 0.2) is 0 Å². The number of carbonyl (C=O) groups excluding carboxylic acids is 1. The summed E-state index contributed by atoms with van der Waals surface area (Å²) < 4.78 is 15.9. The molecule has 2 aromatic carbocycles. The minimum Gasteiger partial charge on any atom is -0.315 e. The number of nitrogens with zero attached hydrogens (tertiary/aromatic N) is 2. The number of hydrogen-bond acceptors (Lipinski definition) is 2. The Morgan fingerprint density at radius 2 is 1.89 bits per heavy atom. The first kappa shape index (κ1) is 19.1. The number of amides is 1. The largest absolute Gasteiger partial charge is 0.315 e. The second-order valence-corrected chi connectivity index (χ2v) is 6.78. The van der Waals surface area contributed by atoms with Gasteiger partial charge in [0.05, 0.1) is 22.5 Å². The predicted octanol–water partition coefficient (Wildman–Crippen LogP) is 5.30. The number of hydrazone groups is 1. The molecule has 138 valence electrons. The highest BCUT2D eigenvalue weighted by atomic mass is 35.5. The summed E-state index contributed by atoms with van der Waals surface area (Å²) in [7, 11) is 0. The molecule has 0 fully saturated rings. The lowest BCUT2D eigenvalue weighted by Gasteiger charge is -2.10. The van der Waals surface area contributed by atoms with Crippen LogP contribution in [0.1, 0.15) is 27.3 Å². The van der Waals surface area contributed by atoms with Crippen LogP contribution in [0, 0.1) is 19.7 Å². The van der Waals surface area contributed by atoms with E-state index in [1.807, 2.05) is 19.9 Å². The fourth-order valence-corrected chi connectivity index (χ4v) is 3.31. The first-order chi connectivity index (χ1) is 12.9. The Morgan fingerprint density at radius 3 is 2.59 bits per heavy atom. The van der Waals surface area contributed by atoms with Crippen molar-refractivity contribution in [3.63, 3.8) is 0 Å². The maximum atomic E-state index is 14.1. The van der Waals surface area contributed by atoms with Crippen molar-refractivity contribution in [2.45, 2.75) is 13.8 Å². The second kappa shape index (κ2) is 7.94. The molecule has 1 N–H and O–H groups in total. The van der Waals surface area contributed by atoms with Crippen molar-refractivity contribution in [3.05, 3.63) is 86.9 Å². The van der Waals surface area contributed by atoms with Gasteiger partial charge in [-0.15, -0.1) is 0 Å². The van der Waals surface area contributed by atoms with Crippen LogP contribution in [0.2, 0.25) is 10.0 Å². The molecule has 4 nitrogen and oxygen atoms in total. The molecule has 0 aliphatic heterocycles. The molecule has 1 amide bonds. The van der Waals surface area contributed by atoms with Crippen LogP contribution in [-0.2, 0) is 0 Å². The van der Waals surface area contributed by atoms with Gasteiger partial charge >= 0.3 is 0 Å². The number of para-hydroxylation sites is 1. The maximum absolute atomic E-state index is 14.1. The summed E-state index contributed by atoms with van der Waals surface area (Å²) in [6.07, 6.45) is 1.52. The molecule has 0 saturated heterocycles. The standard InChI is InChI=1S/C20H16Cl2FN3O/c1-12-9-14(13(2)26(12)19-6-4-3-5-18(19)23)11-24-25-20(27)16-8-7-15(21)10-17(16)22/h3-11H,1-2H3,(H,25,27)/b24-11-. The van der Waals surface area contributed by atoms with Crippen LogP contribution in [0.4, 0.5) is 4.39 Å². The molecule has 7 heteroatoms. The SMILES string of the molecule is Cc1cc(/C=N\NC(=O)c2ccc(Cl)cc2Cl)c(C)n1-c1ccccc1F. The van der Waals surface area contributed by atoms with E-state index in [1.165, 1.54) is 24.4 Å². The quantitative estimate of drug-likeness (QED) is 0.465. The number of hydrogen-bond donors (Lipinski definition) is 1. The Kier molecular flexibility index (Phi) is 5.63. The number of rotatable bonds is 4. The monoisotopic (exact) mass is 403 g/mol. The molecule has 27 heavy (non-hydrogen) atoms. The van der Waals surface area contributed by atoms with E-state index >= 15 is 0 Å². The molecule has 0 atom stereocenters. The average Bonchev–Trinajstić information content (AvgIpc) is 2.89. The van der Waals surface area contributed by atoms with Gasteiger partial charge < -0.3 is 4.57 Å². The first-order valence-corrected chi connectivity index (χ1v) is 8.86. The van der Waals surface area contributed by atoms with Gasteiger partial charge in [0.25, 0.3) is 5.91 Å². The van der Waals surface area contributed by atoms with E-state index in [9.17, 15) is 9.18 Å². The number of aryl methyl sites for hydroxylation is 1. The predicted molar refractivity (Wildman–Crippen MR) is 107 cm³/mol. The van der Waals surface area contributed by atoms with Gasteiger partial charge in [0.2, 0.25) is 0 Å². The van der Waals surface area contributed by atoms with Crippen molar-refractivity contribution < 1.29 is 9.18 Å². The third kappa shape index (κ3) is 4.04. The molecular weight excluding hydrogens is 388 g/mol. The number of benzene rings is 2. The Hall–Kier alpha value is -2.63. The summed E-state index contributed by atoms with van der Waals surface area (Å²) in [4.78, 5) is 12.2. The van der Waals surface area contributed by atoms with Gasteiger partial charge in [-0.3, -0.25) is 4.79 Å². The topological polar surface area (TPSA) is 46.4 Å². The van der Waals surface area contributed by atoms with E-state index in [2.05, 4.69) is 10.5 Å². The zero-order valence-electron chi connectivity index (χ0n) is 14.6. The Balaban J connectivity index is 1.81. The fraction of sp³-hybridized carbons (Fsp3) is 0.100. The second-order valence-electron chi connectivity index (χ2n) is 5.94. The Bertz CT molecular complexity index is 1040. The molecule has 3 aromatic rings. The molecule has 0 aliphatic carbocycles. The van der Waals surface area contributed by atoms with Crippen molar-refractivity contribution in [2.24, 2.45) is 5.10 Å². The van der Waals surface area contributed by atoms with Gasteiger partial charge in [0, 0.05) is 22.0 Å². The zero-order valence-corrected chi connectivity index (χ0v) is 16.1. The summed E-state index contributed by atoms with van der Waals surface area (Å²) in [6, 6.07) is 13.0. The van der Waals surface area contributed by atoms with E-state index in [-0.39, 0.29) is 16.4 Å². The van der Waals surface area contributed by atoms with E-state index < -0.39 is 5.91 Å². The normalized spacial score (nSPS) is 11.1. The minimum atomic E-state index is -0.448. The molecule has 0 radical (unpaired) electrons. The molecule has 0 saturated carbocycles. The number of halogens is 3. The number of nitrogens with one attached hydrogen (secondary N) is 1. The van der Waals surface area contributed by atoms with Gasteiger partial charge in [-0.25, -0.2) is 9.82 Å². The van der Waals surface area contributed by atoms with Crippen molar-refractivity contribution in [1.29, 1.82) is 0 Å². The highest BCUT2D eigenvalue weighted by molar-refractivity contribution is 6.36. The van der Waals surface area contributed by atoms with Crippen molar-refractivity contribution in [3.8, 4) is 5.69 Å². The molecule has 0 unspecified atom stereocenters. The first-order valence-electron chi connectivity index (χ1n) is 8.11. The number of aromatic nitrogens is 1. The molecule has 0 aliphatic rings. The molecule has 1 heterocycles. The molecular formula is C20H16Cl2FN3O. The van der Waals surface area contributed by atoms with Gasteiger partial charge in [0.1, 0.15) is 5.82 Å². The van der Waals surface area contributed by atoms with Gasteiger partial charge in [-0.05, 0) is 50.2 Å². The van der Waals surface area contributed by atoms with Gasteiger partial charge in [-0.2, -0.15) is 5.10 Å². The van der Waals surface area contributed by atoms with E-state index in [0.29, 0.717) is 10.7 Å². The lowest BCUT2D eigenvalue weighted by atomic mass is 10.2. The van der Waals surface area contributed by atoms with Crippen molar-refractivity contribution >= 4 is 35.3 Å². The Morgan fingerprint density at radius 1 is 1.15 bits per heavy atom.